The van der Waals surface area contributed by atoms with Gasteiger partial charge in [-0.2, -0.15) is 0 Å². The highest BCUT2D eigenvalue weighted by Gasteiger charge is 2.18. The Morgan fingerprint density at radius 2 is 1.78 bits per heavy atom. The molecule has 0 heterocycles. The van der Waals surface area contributed by atoms with Crippen molar-refractivity contribution >= 4 is 29.3 Å². The first kappa shape index (κ1) is 20.6. The Labute approximate surface area is 162 Å². The van der Waals surface area contributed by atoms with Gasteiger partial charge in [-0.05, 0) is 36.1 Å². The largest absolute Gasteiger partial charge is 0.497 e. The molecular formula is C19H22N2O5S. The lowest BCUT2D eigenvalue weighted by Gasteiger charge is -2.14. The Kier molecular flexibility index (Phi) is 7.51. The number of anilines is 1. The molecule has 0 saturated heterocycles. The van der Waals surface area contributed by atoms with Crippen LogP contribution in [0.3, 0.4) is 0 Å². The third-order valence-corrected chi connectivity index (χ3v) is 4.56. The van der Waals surface area contributed by atoms with E-state index in [1.807, 2.05) is 18.4 Å². The quantitative estimate of drug-likeness (QED) is 0.495. The fourth-order valence-electron chi connectivity index (χ4n) is 2.30. The molecule has 27 heavy (non-hydrogen) atoms. The Morgan fingerprint density at radius 3 is 2.37 bits per heavy atom. The van der Waals surface area contributed by atoms with E-state index in [0.717, 1.165) is 4.90 Å². The standard InChI is InChI=1S/C19H22N2O5S/c1-25-13-6-9-17(26-2)15(10-13)21-19(24)18(23)20-11-16(22)12-4-7-14(27-3)8-5-12/h4-10,16,22H,11H2,1-3H3,(H,20,23)(H,21,24). The first-order chi connectivity index (χ1) is 13.0. The molecule has 1 unspecified atom stereocenters. The summed E-state index contributed by atoms with van der Waals surface area (Å²) in [7, 11) is 2.95. The average molecular weight is 390 g/mol. The Morgan fingerprint density at radius 1 is 1.07 bits per heavy atom. The van der Waals surface area contributed by atoms with Gasteiger partial charge in [0.1, 0.15) is 11.5 Å². The van der Waals surface area contributed by atoms with Crippen molar-refractivity contribution in [3.05, 3.63) is 48.0 Å². The molecule has 0 aliphatic heterocycles. The maximum absolute atomic E-state index is 12.1. The molecule has 2 aromatic rings. The summed E-state index contributed by atoms with van der Waals surface area (Å²) in [4.78, 5) is 25.2. The smallest absolute Gasteiger partial charge is 0.313 e. The lowest BCUT2D eigenvalue weighted by molar-refractivity contribution is -0.136. The molecule has 0 fully saturated rings. The predicted molar refractivity (Wildman–Crippen MR) is 104 cm³/mol. The topological polar surface area (TPSA) is 96.9 Å². The highest BCUT2D eigenvalue weighted by atomic mass is 32.2. The first-order valence-electron chi connectivity index (χ1n) is 8.11. The lowest BCUT2D eigenvalue weighted by atomic mass is 10.1. The van der Waals surface area contributed by atoms with Gasteiger partial charge in [0.25, 0.3) is 0 Å². The number of carbonyl (C=O) groups is 2. The van der Waals surface area contributed by atoms with Crippen molar-refractivity contribution in [1.29, 1.82) is 0 Å². The van der Waals surface area contributed by atoms with Crippen molar-refractivity contribution in [2.24, 2.45) is 0 Å². The van der Waals surface area contributed by atoms with Crippen molar-refractivity contribution in [2.75, 3.05) is 32.3 Å². The SMILES string of the molecule is COc1ccc(OC)c(NC(=O)C(=O)NCC(O)c2ccc(SC)cc2)c1. The molecule has 3 N–H and O–H groups in total. The zero-order chi connectivity index (χ0) is 19.8. The van der Waals surface area contributed by atoms with Crippen LogP contribution in [0.5, 0.6) is 11.5 Å². The first-order valence-corrected chi connectivity index (χ1v) is 9.34. The molecule has 7 nitrogen and oxygen atoms in total. The Balaban J connectivity index is 1.94. The number of methoxy groups -OCH3 is 2. The lowest BCUT2D eigenvalue weighted by Crippen LogP contribution is -2.37. The highest BCUT2D eigenvalue weighted by Crippen LogP contribution is 2.28. The molecule has 0 radical (unpaired) electrons. The summed E-state index contributed by atoms with van der Waals surface area (Å²) in [6.45, 7) is -0.0832. The molecule has 144 valence electrons. The van der Waals surface area contributed by atoms with Crippen LogP contribution in [-0.2, 0) is 9.59 Å². The summed E-state index contributed by atoms with van der Waals surface area (Å²) in [5, 5.41) is 15.1. The Hall–Kier alpha value is -2.71. The van der Waals surface area contributed by atoms with E-state index in [4.69, 9.17) is 9.47 Å². The van der Waals surface area contributed by atoms with Crippen LogP contribution in [0.25, 0.3) is 0 Å². The molecular weight excluding hydrogens is 368 g/mol. The second kappa shape index (κ2) is 9.84. The molecule has 0 spiro atoms. The number of ether oxygens (including phenoxy) is 2. The van der Waals surface area contributed by atoms with Crippen LogP contribution in [0.1, 0.15) is 11.7 Å². The van der Waals surface area contributed by atoms with Crippen LogP contribution in [0.2, 0.25) is 0 Å². The second-order valence-corrected chi connectivity index (χ2v) is 6.40. The third-order valence-electron chi connectivity index (χ3n) is 3.82. The van der Waals surface area contributed by atoms with E-state index >= 15 is 0 Å². The number of rotatable bonds is 7. The van der Waals surface area contributed by atoms with E-state index in [1.54, 1.807) is 42.1 Å². The monoisotopic (exact) mass is 390 g/mol. The van der Waals surface area contributed by atoms with E-state index in [1.165, 1.54) is 14.2 Å². The van der Waals surface area contributed by atoms with Crippen LogP contribution in [0.4, 0.5) is 5.69 Å². The summed E-state index contributed by atoms with van der Waals surface area (Å²) in [5.74, 6) is -0.826. The number of amides is 2. The van der Waals surface area contributed by atoms with Crippen molar-refractivity contribution in [3.63, 3.8) is 0 Å². The molecule has 2 rings (SSSR count). The number of hydrogen-bond donors (Lipinski definition) is 3. The van der Waals surface area contributed by atoms with Crippen LogP contribution in [0, 0.1) is 0 Å². The number of aliphatic hydroxyl groups excluding tert-OH is 1. The Bertz CT molecular complexity index is 795. The molecule has 0 aromatic heterocycles. The van der Waals surface area contributed by atoms with Gasteiger partial charge in [-0.1, -0.05) is 12.1 Å². The summed E-state index contributed by atoms with van der Waals surface area (Å²) in [6.07, 6.45) is 1.05. The number of hydrogen-bond acceptors (Lipinski definition) is 6. The van der Waals surface area contributed by atoms with Gasteiger partial charge in [-0.25, -0.2) is 0 Å². The van der Waals surface area contributed by atoms with E-state index in [0.29, 0.717) is 22.7 Å². The van der Waals surface area contributed by atoms with Gasteiger partial charge < -0.3 is 25.2 Å². The summed E-state index contributed by atoms with van der Waals surface area (Å²) in [6, 6.07) is 12.2. The number of carbonyl (C=O) groups excluding carboxylic acids is 2. The van der Waals surface area contributed by atoms with Crippen molar-refractivity contribution in [3.8, 4) is 11.5 Å². The minimum absolute atomic E-state index is 0.0832. The minimum atomic E-state index is -0.913. The number of nitrogens with one attached hydrogen (secondary N) is 2. The van der Waals surface area contributed by atoms with Crippen molar-refractivity contribution in [1.82, 2.24) is 5.32 Å². The van der Waals surface area contributed by atoms with Gasteiger partial charge in [-0.3, -0.25) is 9.59 Å². The van der Waals surface area contributed by atoms with Crippen molar-refractivity contribution < 1.29 is 24.2 Å². The molecule has 2 aromatic carbocycles. The second-order valence-electron chi connectivity index (χ2n) is 5.52. The van der Waals surface area contributed by atoms with Crippen LogP contribution in [-0.4, -0.2) is 43.9 Å². The average Bonchev–Trinajstić information content (AvgIpc) is 2.71. The van der Waals surface area contributed by atoms with Gasteiger partial charge >= 0.3 is 11.8 Å². The van der Waals surface area contributed by atoms with Crippen LogP contribution >= 0.6 is 11.8 Å². The van der Waals surface area contributed by atoms with E-state index in [2.05, 4.69) is 10.6 Å². The van der Waals surface area contributed by atoms with Gasteiger partial charge in [0, 0.05) is 17.5 Å². The van der Waals surface area contributed by atoms with Gasteiger partial charge in [0.05, 0.1) is 26.0 Å². The molecule has 1 atom stereocenters. The summed E-state index contributed by atoms with van der Waals surface area (Å²) >= 11 is 1.59. The maximum atomic E-state index is 12.1. The molecule has 8 heteroatoms. The van der Waals surface area contributed by atoms with E-state index in [-0.39, 0.29) is 6.54 Å². The highest BCUT2D eigenvalue weighted by molar-refractivity contribution is 7.98. The molecule has 2 amide bonds. The van der Waals surface area contributed by atoms with Gasteiger partial charge in [-0.15, -0.1) is 11.8 Å². The summed E-state index contributed by atoms with van der Waals surface area (Å²) < 4.78 is 10.3. The van der Waals surface area contributed by atoms with E-state index in [9.17, 15) is 14.7 Å². The van der Waals surface area contributed by atoms with Crippen molar-refractivity contribution in [2.45, 2.75) is 11.0 Å². The van der Waals surface area contributed by atoms with Gasteiger partial charge in [0.2, 0.25) is 0 Å². The van der Waals surface area contributed by atoms with Gasteiger partial charge in [0.15, 0.2) is 0 Å². The predicted octanol–water partition coefficient (Wildman–Crippen LogP) is 2.21. The minimum Gasteiger partial charge on any atom is -0.497 e. The number of benzene rings is 2. The molecule has 0 bridgehead atoms. The zero-order valence-corrected chi connectivity index (χ0v) is 16.1. The number of thioether (sulfide) groups is 1. The fourth-order valence-corrected chi connectivity index (χ4v) is 2.71. The molecule has 0 saturated carbocycles. The number of aliphatic hydroxyl groups is 1. The maximum Gasteiger partial charge on any atom is 0.313 e. The molecule has 0 aliphatic rings. The van der Waals surface area contributed by atoms with Crippen LogP contribution < -0.4 is 20.1 Å². The van der Waals surface area contributed by atoms with Crippen LogP contribution in [0.15, 0.2) is 47.4 Å². The fraction of sp³-hybridized carbons (Fsp3) is 0.263. The third kappa shape index (κ3) is 5.63. The summed E-state index contributed by atoms with van der Waals surface area (Å²) in [5.41, 5.74) is 0.966. The molecule has 0 aliphatic carbocycles. The normalized spacial score (nSPS) is 11.4. The van der Waals surface area contributed by atoms with E-state index < -0.39 is 17.9 Å². The zero-order valence-electron chi connectivity index (χ0n) is 15.3.